The lowest BCUT2D eigenvalue weighted by Gasteiger charge is -2.34. The van der Waals surface area contributed by atoms with Crippen LogP contribution < -0.4 is 9.47 Å². The molecular weight excluding hydrogens is 515 g/mol. The first kappa shape index (κ1) is 29.8. The number of hydrogen-bond donors (Lipinski definition) is 1. The van der Waals surface area contributed by atoms with Crippen LogP contribution in [0.3, 0.4) is 0 Å². The number of ether oxygens (including phenoxy) is 3. The normalized spacial score (nSPS) is 20.4. The van der Waals surface area contributed by atoms with Crippen molar-refractivity contribution in [2.45, 2.75) is 52.0 Å². The molecule has 0 radical (unpaired) electrons. The molecule has 0 spiro atoms. The van der Waals surface area contributed by atoms with Crippen LogP contribution in [0.2, 0.25) is 0 Å². The van der Waals surface area contributed by atoms with Gasteiger partial charge < -0.3 is 24.2 Å². The number of aliphatic hydroxyl groups excluding tert-OH is 1. The van der Waals surface area contributed by atoms with Crippen LogP contribution in [0.25, 0.3) is 0 Å². The van der Waals surface area contributed by atoms with Crippen LogP contribution >= 0.6 is 0 Å². The van der Waals surface area contributed by atoms with Crippen molar-refractivity contribution >= 4 is 11.9 Å². The maximum Gasteiger partial charge on any atom is 0.416 e. The summed E-state index contributed by atoms with van der Waals surface area (Å²) in [6, 6.07) is 9.87. The monoisotopic (exact) mass is 547 g/mol. The Kier molecular flexibility index (Phi) is 9.18. The number of halogens is 3. The number of alkyl halides is 3. The third kappa shape index (κ3) is 7.03. The van der Waals surface area contributed by atoms with Gasteiger partial charge in [-0.3, -0.25) is 9.59 Å². The third-order valence-electron chi connectivity index (χ3n) is 7.02. The largest absolute Gasteiger partial charge is 0.493 e. The van der Waals surface area contributed by atoms with Gasteiger partial charge >= 0.3 is 12.1 Å². The predicted molar refractivity (Wildman–Crippen MR) is 137 cm³/mol. The molecule has 0 saturated carbocycles. The predicted octanol–water partition coefficient (Wildman–Crippen LogP) is 4.41. The molecule has 39 heavy (non-hydrogen) atoms. The third-order valence-corrected chi connectivity index (χ3v) is 7.02. The number of esters is 1. The van der Waals surface area contributed by atoms with E-state index >= 15 is 0 Å². The van der Waals surface area contributed by atoms with Gasteiger partial charge in [-0.05, 0) is 55.8 Å². The van der Waals surface area contributed by atoms with Crippen molar-refractivity contribution in [1.29, 1.82) is 0 Å². The maximum absolute atomic E-state index is 12.9. The summed E-state index contributed by atoms with van der Waals surface area (Å²) in [7, 11) is 1.49. The second-order valence-corrected chi connectivity index (χ2v) is 9.78. The van der Waals surface area contributed by atoms with Crippen LogP contribution in [0.5, 0.6) is 11.5 Å². The van der Waals surface area contributed by atoms with E-state index in [1.165, 1.54) is 33.1 Å². The summed E-state index contributed by atoms with van der Waals surface area (Å²) in [6.07, 6.45) is -6.12. The molecule has 0 aromatic heterocycles. The molecule has 4 atom stereocenters. The van der Waals surface area contributed by atoms with E-state index in [-0.39, 0.29) is 25.0 Å². The van der Waals surface area contributed by atoms with Crippen LogP contribution in [0.15, 0.2) is 42.5 Å². The molecule has 1 aliphatic rings. The topological polar surface area (TPSA) is 85.3 Å². The van der Waals surface area contributed by atoms with E-state index in [0.717, 1.165) is 17.7 Å². The number of carbonyl (C=O) groups excluding carboxylic acids is 2. The molecule has 2 aromatic rings. The maximum atomic E-state index is 12.9. The number of methoxy groups -OCH3 is 1. The highest BCUT2D eigenvalue weighted by Crippen LogP contribution is 2.47. The zero-order chi connectivity index (χ0) is 29.0. The van der Waals surface area contributed by atoms with Gasteiger partial charge in [-0.1, -0.05) is 24.8 Å². The van der Waals surface area contributed by atoms with Crippen LogP contribution in [-0.2, 0) is 20.5 Å². The highest BCUT2D eigenvalue weighted by molar-refractivity contribution is 5.83. The van der Waals surface area contributed by atoms with Crippen molar-refractivity contribution < 1.29 is 42.1 Å². The van der Waals surface area contributed by atoms with E-state index in [1.54, 1.807) is 24.0 Å². The van der Waals surface area contributed by atoms with Crippen molar-refractivity contribution in [1.82, 2.24) is 4.90 Å². The van der Waals surface area contributed by atoms with Crippen molar-refractivity contribution in [2.24, 2.45) is 5.41 Å². The van der Waals surface area contributed by atoms with Crippen LogP contribution in [0.4, 0.5) is 13.2 Å². The number of hydrogen-bond acceptors (Lipinski definition) is 6. The molecule has 1 aliphatic heterocycles. The van der Waals surface area contributed by atoms with E-state index in [4.69, 9.17) is 14.2 Å². The van der Waals surface area contributed by atoms with Gasteiger partial charge in [0.15, 0.2) is 17.6 Å². The average molecular weight is 548 g/mol. The Hall–Kier alpha value is -3.71. The molecule has 1 heterocycles. The van der Waals surface area contributed by atoms with Gasteiger partial charge in [-0.25, -0.2) is 0 Å². The highest BCUT2D eigenvalue weighted by Gasteiger charge is 2.49. The molecule has 1 fully saturated rings. The zero-order valence-electron chi connectivity index (χ0n) is 22.5. The zero-order valence-corrected chi connectivity index (χ0v) is 22.5. The lowest BCUT2D eigenvalue weighted by Crippen LogP contribution is -2.41. The minimum Gasteiger partial charge on any atom is -0.493 e. The minimum absolute atomic E-state index is 0.0519. The molecule has 3 rings (SSSR count). The number of benzene rings is 2. The molecule has 0 aliphatic carbocycles. The van der Waals surface area contributed by atoms with E-state index in [0.29, 0.717) is 23.6 Å². The van der Waals surface area contributed by atoms with Crippen LogP contribution in [0.1, 0.15) is 50.3 Å². The fourth-order valence-electron chi connectivity index (χ4n) is 4.67. The lowest BCUT2D eigenvalue weighted by atomic mass is 9.72. The van der Waals surface area contributed by atoms with Gasteiger partial charge in [0.25, 0.3) is 5.91 Å². The quantitative estimate of drug-likeness (QED) is 0.409. The van der Waals surface area contributed by atoms with Gasteiger partial charge in [0.1, 0.15) is 6.61 Å². The summed E-state index contributed by atoms with van der Waals surface area (Å²) in [5, 5.41) is 10.7. The Bertz CT molecular complexity index is 1250. The summed E-state index contributed by atoms with van der Waals surface area (Å²) in [4.78, 5) is 25.9. The lowest BCUT2D eigenvalue weighted by molar-refractivity contribution is -0.157. The molecule has 0 bridgehead atoms. The number of nitrogens with zero attached hydrogens (tertiary/aromatic N) is 1. The Balaban J connectivity index is 1.79. The molecule has 2 aromatic carbocycles. The molecule has 10 heteroatoms. The number of likely N-dealkylation sites (tertiary alicyclic amines) is 1. The fourth-order valence-corrected chi connectivity index (χ4v) is 4.67. The van der Waals surface area contributed by atoms with Gasteiger partial charge in [0.05, 0.1) is 18.8 Å². The second kappa shape index (κ2) is 12.0. The molecule has 3 unspecified atom stereocenters. The fraction of sp³-hybridized carbons (Fsp3) is 0.448. The smallest absolute Gasteiger partial charge is 0.416 e. The minimum atomic E-state index is -4.41. The van der Waals surface area contributed by atoms with Gasteiger partial charge in [-0.15, -0.1) is 0 Å². The molecule has 210 valence electrons. The van der Waals surface area contributed by atoms with E-state index < -0.39 is 35.3 Å². The summed E-state index contributed by atoms with van der Waals surface area (Å²) in [5.74, 6) is 5.24. The molecule has 7 nitrogen and oxygen atoms in total. The van der Waals surface area contributed by atoms with Crippen molar-refractivity contribution in [3.05, 3.63) is 59.2 Å². The van der Waals surface area contributed by atoms with Gasteiger partial charge in [0, 0.05) is 36.9 Å². The molecule has 1 amide bonds. The van der Waals surface area contributed by atoms with Gasteiger partial charge in [0.2, 0.25) is 0 Å². The van der Waals surface area contributed by atoms with Gasteiger partial charge in [-0.2, -0.15) is 13.2 Å². The van der Waals surface area contributed by atoms with Crippen molar-refractivity contribution in [2.75, 3.05) is 26.8 Å². The standard InChI is InChI=1S/C29H32F3NO6/c1-18(39-20(3)35)27(36)33-16-24(28(4,17-33)19(2)34)22-10-13-25(37-5)26(15-22)38-14-6-7-21-8-11-23(12-9-21)29(30,31)32/h8-13,15,18-19,24,34H,14,16-17H2,1-5H3/t18-,19?,24?,28?/m0/s1. The summed E-state index contributed by atoms with van der Waals surface area (Å²) in [6.45, 7) is 6.83. The van der Waals surface area contributed by atoms with Crippen molar-refractivity contribution in [3.63, 3.8) is 0 Å². The summed E-state index contributed by atoms with van der Waals surface area (Å²) in [5.41, 5.74) is -0.220. The highest BCUT2D eigenvalue weighted by atomic mass is 19.4. The Labute approximate surface area is 225 Å². The van der Waals surface area contributed by atoms with Crippen LogP contribution in [-0.4, -0.2) is 60.9 Å². The first-order valence-electron chi connectivity index (χ1n) is 12.4. The number of carbonyl (C=O) groups is 2. The van der Waals surface area contributed by atoms with E-state index in [1.807, 2.05) is 13.0 Å². The Morgan fingerprint density at radius 3 is 2.38 bits per heavy atom. The number of aliphatic hydroxyl groups is 1. The van der Waals surface area contributed by atoms with E-state index in [9.17, 15) is 27.9 Å². The Morgan fingerprint density at radius 2 is 1.82 bits per heavy atom. The molecular formula is C29H32F3NO6. The molecule has 1 N–H and O–H groups in total. The number of amides is 1. The Morgan fingerprint density at radius 1 is 1.15 bits per heavy atom. The summed E-state index contributed by atoms with van der Waals surface area (Å²) >= 11 is 0. The first-order valence-corrected chi connectivity index (χ1v) is 12.4. The second-order valence-electron chi connectivity index (χ2n) is 9.78. The summed E-state index contributed by atoms with van der Waals surface area (Å²) < 4.78 is 54.5. The van der Waals surface area contributed by atoms with E-state index in [2.05, 4.69) is 11.8 Å². The molecule has 1 saturated heterocycles. The first-order chi connectivity index (χ1) is 18.3. The van der Waals surface area contributed by atoms with Crippen LogP contribution in [0, 0.1) is 17.3 Å². The SMILES string of the molecule is COc1ccc(C2CN(C(=O)[C@H](C)OC(C)=O)CC2(C)C(C)O)cc1OCC#Cc1ccc(C(F)(F)F)cc1. The average Bonchev–Trinajstić information content (AvgIpc) is 3.24. The number of rotatable bonds is 7. The van der Waals surface area contributed by atoms with Crippen molar-refractivity contribution in [3.8, 4) is 23.3 Å².